The van der Waals surface area contributed by atoms with Crippen LogP contribution < -0.4 is 10.1 Å². The Balaban J connectivity index is 1.22. The fourth-order valence-corrected chi connectivity index (χ4v) is 5.45. The number of ether oxygens (including phenoxy) is 1. The minimum Gasteiger partial charge on any atom is -0.496 e. The van der Waals surface area contributed by atoms with Crippen LogP contribution in [0.3, 0.4) is 0 Å². The van der Waals surface area contributed by atoms with Crippen molar-refractivity contribution in [2.75, 3.05) is 32.1 Å². The highest BCUT2D eigenvalue weighted by atomic mass is 16.5. The normalized spacial score (nSPS) is 23.2. The fraction of sp³-hybridized carbons (Fsp3) is 0.500. The van der Waals surface area contributed by atoms with E-state index in [2.05, 4.69) is 15.4 Å². The monoisotopic (exact) mass is 437 g/mol. The number of anilines is 1. The Morgan fingerprint density at radius 2 is 2.19 bits per heavy atom. The number of rotatable bonds is 6. The first-order chi connectivity index (χ1) is 15.6. The average molecular weight is 438 g/mol. The molecule has 1 aliphatic carbocycles. The number of aliphatic hydroxyl groups is 1. The summed E-state index contributed by atoms with van der Waals surface area (Å²) in [6.45, 7) is 2.25. The summed E-state index contributed by atoms with van der Waals surface area (Å²) in [4.78, 5) is 18.6. The summed E-state index contributed by atoms with van der Waals surface area (Å²) in [5.41, 5.74) is 2.86. The zero-order valence-electron chi connectivity index (χ0n) is 18.5. The molecule has 1 saturated heterocycles. The van der Waals surface area contributed by atoms with Crippen molar-refractivity contribution in [1.29, 1.82) is 0 Å². The highest BCUT2D eigenvalue weighted by Crippen LogP contribution is 2.45. The quantitative estimate of drug-likeness (QED) is 0.550. The maximum absolute atomic E-state index is 13.4. The lowest BCUT2D eigenvalue weighted by Crippen LogP contribution is -2.37. The van der Waals surface area contributed by atoms with E-state index in [9.17, 15) is 4.79 Å². The van der Waals surface area contributed by atoms with Gasteiger partial charge in [0, 0.05) is 37.0 Å². The third kappa shape index (κ3) is 3.83. The van der Waals surface area contributed by atoms with Gasteiger partial charge in [0.15, 0.2) is 0 Å². The molecule has 1 spiro atoms. The SMILES string of the molecule is COc1cccc2[nH]cc(C(=O)N3CC[C@]4(CC[C@@H](Nc5cnn(CCO)c5)CC4)C3)c12. The molecule has 2 fully saturated rings. The second-order valence-corrected chi connectivity index (χ2v) is 9.20. The van der Waals surface area contributed by atoms with Gasteiger partial charge >= 0.3 is 0 Å². The third-order valence-electron chi connectivity index (χ3n) is 7.22. The minimum atomic E-state index is 0.0909. The molecule has 1 saturated carbocycles. The van der Waals surface area contributed by atoms with Crippen molar-refractivity contribution in [2.24, 2.45) is 5.41 Å². The van der Waals surface area contributed by atoms with Gasteiger partial charge in [-0.15, -0.1) is 0 Å². The molecule has 3 heterocycles. The van der Waals surface area contributed by atoms with Crippen molar-refractivity contribution in [3.05, 3.63) is 42.4 Å². The van der Waals surface area contributed by atoms with E-state index < -0.39 is 0 Å². The number of amides is 1. The van der Waals surface area contributed by atoms with Crippen LogP contribution in [-0.2, 0) is 6.54 Å². The van der Waals surface area contributed by atoms with Gasteiger partial charge in [0.1, 0.15) is 5.75 Å². The number of benzene rings is 1. The van der Waals surface area contributed by atoms with Crippen LogP contribution >= 0.6 is 0 Å². The molecule has 0 unspecified atom stereocenters. The predicted molar refractivity (Wildman–Crippen MR) is 123 cm³/mol. The Morgan fingerprint density at radius 1 is 1.34 bits per heavy atom. The van der Waals surface area contributed by atoms with Crippen molar-refractivity contribution >= 4 is 22.5 Å². The first kappa shape index (κ1) is 20.9. The molecular formula is C24H31N5O3. The lowest BCUT2D eigenvalue weighted by Gasteiger charge is -2.37. The van der Waals surface area contributed by atoms with Gasteiger partial charge < -0.3 is 25.0 Å². The number of methoxy groups -OCH3 is 1. The van der Waals surface area contributed by atoms with E-state index in [4.69, 9.17) is 9.84 Å². The van der Waals surface area contributed by atoms with Crippen molar-refractivity contribution < 1.29 is 14.6 Å². The molecule has 1 aromatic carbocycles. The number of hydrogen-bond donors (Lipinski definition) is 3. The molecule has 5 rings (SSSR count). The predicted octanol–water partition coefficient (Wildman–Crippen LogP) is 3.25. The molecule has 1 aliphatic heterocycles. The molecule has 0 radical (unpaired) electrons. The van der Waals surface area contributed by atoms with E-state index in [-0.39, 0.29) is 17.9 Å². The smallest absolute Gasteiger partial charge is 0.256 e. The third-order valence-corrected chi connectivity index (χ3v) is 7.22. The molecule has 8 heteroatoms. The summed E-state index contributed by atoms with van der Waals surface area (Å²) in [6.07, 6.45) is 11.1. The van der Waals surface area contributed by atoms with Gasteiger partial charge in [-0.3, -0.25) is 9.48 Å². The van der Waals surface area contributed by atoms with Gasteiger partial charge in [-0.2, -0.15) is 5.10 Å². The molecule has 3 N–H and O–H groups in total. The van der Waals surface area contributed by atoms with Gasteiger partial charge in [-0.1, -0.05) is 6.07 Å². The van der Waals surface area contributed by atoms with E-state index in [0.717, 1.165) is 67.5 Å². The summed E-state index contributed by atoms with van der Waals surface area (Å²) in [5.74, 6) is 0.823. The van der Waals surface area contributed by atoms with Crippen molar-refractivity contribution in [1.82, 2.24) is 19.7 Å². The summed E-state index contributed by atoms with van der Waals surface area (Å²) >= 11 is 0. The van der Waals surface area contributed by atoms with Gasteiger partial charge in [0.25, 0.3) is 5.91 Å². The summed E-state index contributed by atoms with van der Waals surface area (Å²) in [7, 11) is 1.64. The highest BCUT2D eigenvalue weighted by Gasteiger charge is 2.42. The maximum atomic E-state index is 13.4. The number of carbonyl (C=O) groups is 1. The molecule has 1 amide bonds. The number of aromatic amines is 1. The number of nitrogens with zero attached hydrogens (tertiary/aromatic N) is 3. The standard InChI is InChI=1S/C24H31N5O3/c1-32-21-4-2-3-20-22(21)19(14-25-20)23(31)28-10-9-24(16-28)7-5-17(6-8-24)27-18-13-26-29(15-18)11-12-30/h2-4,13-15,17,25,27,30H,5-12,16H2,1H3/t17-,24-. The molecule has 8 nitrogen and oxygen atoms in total. The lowest BCUT2D eigenvalue weighted by atomic mass is 9.72. The molecule has 32 heavy (non-hydrogen) atoms. The molecule has 170 valence electrons. The second kappa shape index (κ2) is 8.50. The average Bonchev–Trinajstić information content (AvgIpc) is 3.54. The zero-order chi connectivity index (χ0) is 22.1. The van der Waals surface area contributed by atoms with E-state index in [1.54, 1.807) is 11.8 Å². The number of hydrogen-bond acceptors (Lipinski definition) is 5. The zero-order valence-corrected chi connectivity index (χ0v) is 18.5. The Bertz CT molecular complexity index is 1100. The lowest BCUT2D eigenvalue weighted by molar-refractivity contribution is 0.0759. The van der Waals surface area contributed by atoms with Crippen LogP contribution in [0.4, 0.5) is 5.69 Å². The molecule has 3 aromatic rings. The number of likely N-dealkylation sites (tertiary alicyclic amines) is 1. The maximum Gasteiger partial charge on any atom is 0.256 e. The van der Waals surface area contributed by atoms with E-state index in [1.165, 1.54) is 0 Å². The van der Waals surface area contributed by atoms with Crippen molar-refractivity contribution in [3.63, 3.8) is 0 Å². The largest absolute Gasteiger partial charge is 0.496 e. The Hall–Kier alpha value is -3.00. The Kier molecular flexibility index (Phi) is 5.55. The Labute approximate surface area is 187 Å². The van der Waals surface area contributed by atoms with Crippen LogP contribution in [0.1, 0.15) is 42.5 Å². The molecule has 2 aliphatic rings. The summed E-state index contributed by atoms with van der Waals surface area (Å²) < 4.78 is 7.27. The summed E-state index contributed by atoms with van der Waals surface area (Å²) in [5, 5.41) is 17.8. The summed E-state index contributed by atoms with van der Waals surface area (Å²) in [6, 6.07) is 6.23. The first-order valence-corrected chi connectivity index (χ1v) is 11.4. The van der Waals surface area contributed by atoms with Crippen LogP contribution in [-0.4, -0.2) is 63.5 Å². The molecule has 0 bridgehead atoms. The number of aliphatic hydroxyl groups excluding tert-OH is 1. The number of fused-ring (bicyclic) bond motifs is 1. The fourth-order valence-electron chi connectivity index (χ4n) is 5.45. The van der Waals surface area contributed by atoms with Gasteiger partial charge in [-0.25, -0.2) is 0 Å². The van der Waals surface area contributed by atoms with Gasteiger partial charge in [-0.05, 0) is 49.7 Å². The minimum absolute atomic E-state index is 0.0909. The van der Waals surface area contributed by atoms with Crippen LogP contribution in [0, 0.1) is 5.41 Å². The second-order valence-electron chi connectivity index (χ2n) is 9.20. The van der Waals surface area contributed by atoms with Crippen molar-refractivity contribution in [3.8, 4) is 5.75 Å². The van der Waals surface area contributed by atoms with Gasteiger partial charge in [0.2, 0.25) is 0 Å². The van der Waals surface area contributed by atoms with Crippen molar-refractivity contribution in [2.45, 2.75) is 44.7 Å². The van der Waals surface area contributed by atoms with Crippen LogP contribution in [0.15, 0.2) is 36.8 Å². The Morgan fingerprint density at radius 3 is 2.97 bits per heavy atom. The van der Waals surface area contributed by atoms with E-state index >= 15 is 0 Å². The van der Waals surface area contributed by atoms with Crippen LogP contribution in [0.2, 0.25) is 0 Å². The topological polar surface area (TPSA) is 95.4 Å². The number of carbonyl (C=O) groups excluding carboxylic acids is 1. The molecule has 0 atom stereocenters. The number of H-pyrrole nitrogens is 1. The van der Waals surface area contributed by atoms with Crippen LogP contribution in [0.5, 0.6) is 5.75 Å². The van der Waals surface area contributed by atoms with Gasteiger partial charge in [0.05, 0.1) is 43.1 Å². The highest BCUT2D eigenvalue weighted by molar-refractivity contribution is 6.09. The van der Waals surface area contributed by atoms with E-state index in [0.29, 0.717) is 18.2 Å². The number of nitrogens with one attached hydrogen (secondary N) is 2. The number of aromatic nitrogens is 3. The molecule has 2 aromatic heterocycles. The molecular weight excluding hydrogens is 406 g/mol. The van der Waals surface area contributed by atoms with E-state index in [1.807, 2.05) is 41.7 Å². The first-order valence-electron chi connectivity index (χ1n) is 11.4. The van der Waals surface area contributed by atoms with Crippen LogP contribution in [0.25, 0.3) is 10.9 Å².